The maximum atomic E-state index is 12.3. The van der Waals surface area contributed by atoms with E-state index >= 15 is 0 Å². The number of thiazole rings is 1. The number of rotatable bonds is 4. The van der Waals surface area contributed by atoms with Crippen LogP contribution < -0.4 is 10.5 Å². The molecule has 0 saturated heterocycles. The highest BCUT2D eigenvalue weighted by atomic mass is 32.1. The van der Waals surface area contributed by atoms with E-state index in [4.69, 9.17) is 10.5 Å². The fraction of sp³-hybridized carbons (Fsp3) is 0.333. The lowest BCUT2D eigenvalue weighted by Crippen LogP contribution is -2.17. The zero-order chi connectivity index (χ0) is 13.9. The van der Waals surface area contributed by atoms with Crippen molar-refractivity contribution in [1.82, 2.24) is 4.98 Å². The maximum absolute atomic E-state index is 12.3. The molecule has 1 aliphatic heterocycles. The molecule has 20 heavy (non-hydrogen) atoms. The highest BCUT2D eigenvalue weighted by molar-refractivity contribution is 7.09. The van der Waals surface area contributed by atoms with Crippen LogP contribution in [-0.4, -0.2) is 17.4 Å². The minimum atomic E-state index is 0.0858. The van der Waals surface area contributed by atoms with E-state index in [1.54, 1.807) is 5.38 Å². The summed E-state index contributed by atoms with van der Waals surface area (Å²) >= 11 is 1.44. The predicted octanol–water partition coefficient (Wildman–Crippen LogP) is 2.74. The topological polar surface area (TPSA) is 65.2 Å². The second-order valence-corrected chi connectivity index (χ2v) is 5.77. The van der Waals surface area contributed by atoms with Crippen molar-refractivity contribution in [2.45, 2.75) is 25.3 Å². The monoisotopic (exact) mass is 288 g/mol. The summed E-state index contributed by atoms with van der Waals surface area (Å²) in [5, 5.41) is 2.61. The first-order valence-corrected chi connectivity index (χ1v) is 7.55. The van der Waals surface area contributed by atoms with Gasteiger partial charge in [-0.3, -0.25) is 4.79 Å². The number of nitrogens with two attached hydrogens (primary N) is 1. The Balaban J connectivity index is 1.77. The fourth-order valence-electron chi connectivity index (χ4n) is 2.49. The Morgan fingerprint density at radius 3 is 3.10 bits per heavy atom. The van der Waals surface area contributed by atoms with Crippen molar-refractivity contribution >= 4 is 17.1 Å². The van der Waals surface area contributed by atoms with E-state index in [9.17, 15) is 4.79 Å². The first-order valence-electron chi connectivity index (χ1n) is 6.67. The van der Waals surface area contributed by atoms with Crippen LogP contribution in [0.4, 0.5) is 0 Å². The van der Waals surface area contributed by atoms with Crippen LogP contribution in [0.1, 0.15) is 39.8 Å². The Morgan fingerprint density at radius 1 is 1.45 bits per heavy atom. The second kappa shape index (κ2) is 5.73. The predicted molar refractivity (Wildman–Crippen MR) is 78.2 cm³/mol. The van der Waals surface area contributed by atoms with Gasteiger partial charge in [-0.1, -0.05) is 18.2 Å². The molecule has 1 unspecified atom stereocenters. The van der Waals surface area contributed by atoms with Crippen LogP contribution in [0.5, 0.6) is 5.75 Å². The van der Waals surface area contributed by atoms with E-state index < -0.39 is 0 Å². The van der Waals surface area contributed by atoms with Crippen molar-refractivity contribution < 1.29 is 9.53 Å². The lowest BCUT2D eigenvalue weighted by atomic mass is 9.88. The minimum Gasteiger partial charge on any atom is -0.493 e. The molecule has 1 atom stereocenters. The van der Waals surface area contributed by atoms with Gasteiger partial charge in [0, 0.05) is 18.3 Å². The third-order valence-electron chi connectivity index (χ3n) is 3.53. The molecule has 2 N–H and O–H groups in total. The molecule has 5 heteroatoms. The van der Waals surface area contributed by atoms with Crippen molar-refractivity contribution in [3.8, 4) is 5.75 Å². The Kier molecular flexibility index (Phi) is 3.80. The summed E-state index contributed by atoms with van der Waals surface area (Å²) in [6.45, 7) is 1.05. The number of fused-ring (bicyclic) bond motifs is 1. The van der Waals surface area contributed by atoms with Crippen LogP contribution in [0.25, 0.3) is 0 Å². The molecule has 2 heterocycles. The Bertz CT molecular complexity index is 624. The maximum Gasteiger partial charge on any atom is 0.182 e. The van der Waals surface area contributed by atoms with Crippen molar-refractivity contribution in [3.63, 3.8) is 0 Å². The molecule has 0 spiro atoms. The zero-order valence-corrected chi connectivity index (χ0v) is 11.9. The highest BCUT2D eigenvalue weighted by Gasteiger charge is 2.24. The number of hydrogen-bond donors (Lipinski definition) is 1. The number of para-hydroxylation sites is 1. The quantitative estimate of drug-likeness (QED) is 0.879. The van der Waals surface area contributed by atoms with Gasteiger partial charge in [-0.25, -0.2) is 4.98 Å². The fourth-order valence-corrected chi connectivity index (χ4v) is 3.17. The van der Waals surface area contributed by atoms with Gasteiger partial charge in [-0.2, -0.15) is 0 Å². The van der Waals surface area contributed by atoms with E-state index in [0.29, 0.717) is 25.3 Å². The van der Waals surface area contributed by atoms with Crippen molar-refractivity contribution in [2.75, 3.05) is 6.61 Å². The number of nitrogens with zero attached hydrogens (tertiary/aromatic N) is 1. The van der Waals surface area contributed by atoms with Gasteiger partial charge in [0.25, 0.3) is 0 Å². The Labute approximate surface area is 121 Å². The molecule has 0 bridgehead atoms. The molecule has 1 aliphatic rings. The standard InChI is InChI=1S/C15H16N2O2S/c16-8-15-17-12(9-20-15)13(18)7-10-5-6-19-14-4-2-1-3-11(10)14/h1-4,9-10H,5-8,16H2. The molecule has 0 aliphatic carbocycles. The molecule has 0 saturated carbocycles. The lowest BCUT2D eigenvalue weighted by molar-refractivity contribution is 0.0961. The van der Waals surface area contributed by atoms with Crippen molar-refractivity contribution in [1.29, 1.82) is 0 Å². The number of carbonyl (C=O) groups is 1. The Morgan fingerprint density at radius 2 is 2.30 bits per heavy atom. The number of carbonyl (C=O) groups excluding carboxylic acids is 1. The molecule has 1 aromatic heterocycles. The molecule has 4 nitrogen and oxygen atoms in total. The van der Waals surface area contributed by atoms with E-state index in [1.807, 2.05) is 24.3 Å². The normalized spacial score (nSPS) is 17.4. The van der Waals surface area contributed by atoms with Gasteiger partial charge >= 0.3 is 0 Å². The van der Waals surface area contributed by atoms with Crippen molar-refractivity contribution in [2.24, 2.45) is 5.73 Å². The van der Waals surface area contributed by atoms with Gasteiger partial charge in [0.05, 0.1) is 6.61 Å². The van der Waals surface area contributed by atoms with Crippen LogP contribution in [-0.2, 0) is 6.54 Å². The van der Waals surface area contributed by atoms with E-state index in [2.05, 4.69) is 4.98 Å². The second-order valence-electron chi connectivity index (χ2n) is 4.83. The average Bonchev–Trinajstić information content (AvgIpc) is 2.97. The molecule has 3 rings (SSSR count). The van der Waals surface area contributed by atoms with Gasteiger partial charge in [0.1, 0.15) is 16.5 Å². The first-order chi connectivity index (χ1) is 9.78. The van der Waals surface area contributed by atoms with Gasteiger partial charge in [-0.05, 0) is 24.0 Å². The van der Waals surface area contributed by atoms with Crippen LogP contribution >= 0.6 is 11.3 Å². The highest BCUT2D eigenvalue weighted by Crippen LogP contribution is 2.36. The smallest absolute Gasteiger partial charge is 0.182 e. The summed E-state index contributed by atoms with van der Waals surface area (Å²) in [6, 6.07) is 7.94. The van der Waals surface area contributed by atoms with Gasteiger partial charge in [0.15, 0.2) is 5.78 Å². The number of hydrogen-bond acceptors (Lipinski definition) is 5. The summed E-state index contributed by atoms with van der Waals surface area (Å²) in [7, 11) is 0. The number of Topliss-reactive ketones (excluding diaryl/α,β-unsaturated/α-hetero) is 1. The molecule has 0 amide bonds. The Hall–Kier alpha value is -1.72. The first kappa shape index (κ1) is 13.3. The summed E-state index contributed by atoms with van der Waals surface area (Å²) < 4.78 is 5.62. The summed E-state index contributed by atoms with van der Waals surface area (Å²) in [5.74, 6) is 1.20. The number of ether oxygens (including phenoxy) is 1. The zero-order valence-electron chi connectivity index (χ0n) is 11.0. The minimum absolute atomic E-state index is 0.0858. The molecule has 0 radical (unpaired) electrons. The third kappa shape index (κ3) is 2.59. The molecule has 2 aromatic rings. The van der Waals surface area contributed by atoms with Crippen LogP contribution in [0.3, 0.4) is 0 Å². The summed E-state index contributed by atoms with van der Waals surface area (Å²) in [6.07, 6.45) is 1.35. The van der Waals surface area contributed by atoms with Crippen LogP contribution in [0, 0.1) is 0 Å². The van der Waals surface area contributed by atoms with E-state index in [0.717, 1.165) is 22.7 Å². The number of aromatic nitrogens is 1. The molecule has 1 aromatic carbocycles. The third-order valence-corrected chi connectivity index (χ3v) is 4.40. The molecule has 0 fully saturated rings. The van der Waals surface area contributed by atoms with Gasteiger partial charge in [0.2, 0.25) is 0 Å². The molecular formula is C15H16N2O2S. The van der Waals surface area contributed by atoms with Gasteiger partial charge in [-0.15, -0.1) is 11.3 Å². The summed E-state index contributed by atoms with van der Waals surface area (Å²) in [5.41, 5.74) is 7.20. The molecule has 104 valence electrons. The van der Waals surface area contributed by atoms with Crippen LogP contribution in [0.15, 0.2) is 29.6 Å². The number of ketones is 1. The average molecular weight is 288 g/mol. The van der Waals surface area contributed by atoms with Crippen molar-refractivity contribution in [3.05, 3.63) is 45.9 Å². The molecular weight excluding hydrogens is 272 g/mol. The SMILES string of the molecule is NCc1nc(C(=O)CC2CCOc3ccccc32)cs1. The summed E-state index contributed by atoms with van der Waals surface area (Å²) in [4.78, 5) is 16.6. The van der Waals surface area contributed by atoms with Crippen LogP contribution in [0.2, 0.25) is 0 Å². The van der Waals surface area contributed by atoms with E-state index in [-0.39, 0.29) is 11.7 Å². The van der Waals surface area contributed by atoms with E-state index in [1.165, 1.54) is 11.3 Å². The largest absolute Gasteiger partial charge is 0.493 e. The lowest BCUT2D eigenvalue weighted by Gasteiger charge is -2.25. The number of benzene rings is 1. The van der Waals surface area contributed by atoms with Gasteiger partial charge < -0.3 is 10.5 Å².